The second-order valence-corrected chi connectivity index (χ2v) is 11.3. The van der Waals surface area contributed by atoms with Crippen molar-refractivity contribution < 1.29 is 19.0 Å². The molecule has 7 heteroatoms. The quantitative estimate of drug-likeness (QED) is 0.414. The topological polar surface area (TPSA) is 66.6 Å². The highest BCUT2D eigenvalue weighted by Gasteiger charge is 2.44. The van der Waals surface area contributed by atoms with Gasteiger partial charge in [0.05, 0.1) is 19.3 Å². The van der Waals surface area contributed by atoms with Gasteiger partial charge in [0.25, 0.3) is 0 Å². The minimum absolute atomic E-state index is 0.0165. The van der Waals surface area contributed by atoms with Crippen molar-refractivity contribution in [3.63, 3.8) is 0 Å². The van der Waals surface area contributed by atoms with Gasteiger partial charge in [0, 0.05) is 38.8 Å². The van der Waals surface area contributed by atoms with E-state index in [2.05, 4.69) is 62.3 Å². The molecule has 2 aliphatic rings. The molecule has 0 saturated carbocycles. The van der Waals surface area contributed by atoms with Gasteiger partial charge in [-0.25, -0.2) is 4.79 Å². The third-order valence-corrected chi connectivity index (χ3v) is 7.70. The Bertz CT molecular complexity index is 1000. The number of rotatable bonds is 11. The van der Waals surface area contributed by atoms with Gasteiger partial charge in [-0.05, 0) is 55.0 Å². The van der Waals surface area contributed by atoms with Gasteiger partial charge in [-0.15, -0.1) is 0 Å². The first-order valence-electron chi connectivity index (χ1n) is 14.0. The molecule has 2 saturated heterocycles. The Morgan fingerprint density at radius 2 is 1.79 bits per heavy atom. The van der Waals surface area contributed by atoms with E-state index >= 15 is 0 Å². The standard InChI is InChI=1S/C31H45N3O4/c1-22(2)21-37-28-16-18-34(31(35)32-19-24-11-13-26(36-5)14-12-24)17-15-27(28)33(4)20-23(3)29-30(38-29)25-9-7-6-8-10-25/h6-14,22-23,27-30H,15-21H2,1-5H3,(H,32,35)/t23-,27+,28+,29+,30+/m0/s1. The van der Waals surface area contributed by atoms with Gasteiger partial charge in [0.15, 0.2) is 0 Å². The number of hydrogen-bond donors (Lipinski definition) is 1. The Kier molecular flexibility index (Phi) is 10.1. The lowest BCUT2D eigenvalue weighted by molar-refractivity contribution is -0.0236. The average Bonchev–Trinajstić information content (AvgIpc) is 3.75. The normalized spacial score (nSPS) is 24.2. The summed E-state index contributed by atoms with van der Waals surface area (Å²) in [5, 5.41) is 3.09. The number of nitrogens with zero attached hydrogens (tertiary/aromatic N) is 2. The number of hydrogen-bond acceptors (Lipinski definition) is 5. The monoisotopic (exact) mass is 523 g/mol. The molecule has 5 atom stereocenters. The van der Waals surface area contributed by atoms with Crippen molar-refractivity contribution in [1.29, 1.82) is 0 Å². The summed E-state index contributed by atoms with van der Waals surface area (Å²) in [6, 6.07) is 18.5. The van der Waals surface area contributed by atoms with E-state index in [9.17, 15) is 4.79 Å². The summed E-state index contributed by atoms with van der Waals surface area (Å²) in [5.41, 5.74) is 2.31. The number of nitrogens with one attached hydrogen (secondary N) is 1. The minimum atomic E-state index is -0.0165. The predicted molar refractivity (Wildman–Crippen MR) is 150 cm³/mol. The Morgan fingerprint density at radius 1 is 1.08 bits per heavy atom. The van der Waals surface area contributed by atoms with E-state index < -0.39 is 0 Å². The van der Waals surface area contributed by atoms with Crippen molar-refractivity contribution >= 4 is 6.03 Å². The summed E-state index contributed by atoms with van der Waals surface area (Å²) in [4.78, 5) is 17.5. The van der Waals surface area contributed by atoms with Gasteiger partial charge in [-0.3, -0.25) is 0 Å². The van der Waals surface area contributed by atoms with Gasteiger partial charge < -0.3 is 29.3 Å². The van der Waals surface area contributed by atoms with E-state index in [1.807, 2.05) is 35.2 Å². The number of likely N-dealkylation sites (N-methyl/N-ethyl adjacent to an activating group) is 1. The lowest BCUT2D eigenvalue weighted by atomic mass is 9.98. The molecular formula is C31H45N3O4. The first kappa shape index (κ1) is 28.4. The maximum absolute atomic E-state index is 13.1. The van der Waals surface area contributed by atoms with Gasteiger partial charge in [0.1, 0.15) is 11.9 Å². The lowest BCUT2D eigenvalue weighted by Gasteiger charge is -2.35. The molecule has 2 aromatic carbocycles. The van der Waals surface area contributed by atoms with Crippen LogP contribution in [0.2, 0.25) is 0 Å². The molecule has 2 aliphatic heterocycles. The van der Waals surface area contributed by atoms with Crippen LogP contribution in [0.1, 0.15) is 50.8 Å². The molecule has 2 aromatic rings. The highest BCUT2D eigenvalue weighted by Crippen LogP contribution is 2.43. The van der Waals surface area contributed by atoms with E-state index in [0.717, 1.165) is 37.3 Å². The van der Waals surface area contributed by atoms with Crippen LogP contribution >= 0.6 is 0 Å². The van der Waals surface area contributed by atoms with Crippen molar-refractivity contribution in [1.82, 2.24) is 15.1 Å². The van der Waals surface area contributed by atoms with Crippen LogP contribution in [-0.2, 0) is 16.0 Å². The number of benzene rings is 2. The summed E-state index contributed by atoms with van der Waals surface area (Å²) >= 11 is 0. The zero-order valence-corrected chi connectivity index (χ0v) is 23.6. The smallest absolute Gasteiger partial charge is 0.317 e. The van der Waals surface area contributed by atoms with Crippen LogP contribution in [0.15, 0.2) is 54.6 Å². The van der Waals surface area contributed by atoms with Gasteiger partial charge in [-0.2, -0.15) is 0 Å². The van der Waals surface area contributed by atoms with Crippen LogP contribution in [0.3, 0.4) is 0 Å². The minimum Gasteiger partial charge on any atom is -0.497 e. The Hall–Kier alpha value is -2.61. The third kappa shape index (κ3) is 7.71. The molecule has 0 aliphatic carbocycles. The fourth-order valence-electron chi connectivity index (χ4n) is 5.47. The summed E-state index contributed by atoms with van der Waals surface area (Å²) in [6.45, 7) is 10.2. The molecule has 2 heterocycles. The number of carbonyl (C=O) groups excluding carboxylic acids is 1. The number of likely N-dealkylation sites (tertiary alicyclic amines) is 1. The summed E-state index contributed by atoms with van der Waals surface area (Å²) in [7, 11) is 3.85. The van der Waals surface area contributed by atoms with Gasteiger partial charge in [-0.1, -0.05) is 63.2 Å². The summed E-state index contributed by atoms with van der Waals surface area (Å²) in [6.07, 6.45) is 2.26. The van der Waals surface area contributed by atoms with Gasteiger partial charge >= 0.3 is 6.03 Å². The molecule has 1 N–H and O–H groups in total. The van der Waals surface area contributed by atoms with E-state index in [4.69, 9.17) is 14.2 Å². The molecule has 4 rings (SSSR count). The molecule has 0 radical (unpaired) electrons. The number of amides is 2. The van der Waals surface area contributed by atoms with Gasteiger partial charge in [0.2, 0.25) is 0 Å². The van der Waals surface area contributed by atoms with Crippen LogP contribution in [0, 0.1) is 11.8 Å². The van der Waals surface area contributed by atoms with Crippen molar-refractivity contribution in [3.8, 4) is 5.75 Å². The van der Waals surface area contributed by atoms with Crippen LogP contribution in [0.25, 0.3) is 0 Å². The fraction of sp³-hybridized carbons (Fsp3) is 0.581. The number of carbonyl (C=O) groups is 1. The maximum atomic E-state index is 13.1. The van der Waals surface area contributed by atoms with Crippen LogP contribution in [0.5, 0.6) is 5.75 Å². The molecular weight excluding hydrogens is 478 g/mol. The molecule has 208 valence electrons. The molecule has 2 amide bonds. The molecule has 2 fully saturated rings. The molecule has 7 nitrogen and oxygen atoms in total. The number of ether oxygens (including phenoxy) is 3. The summed E-state index contributed by atoms with van der Waals surface area (Å²) in [5.74, 6) is 1.69. The van der Waals surface area contributed by atoms with Crippen LogP contribution in [0.4, 0.5) is 4.79 Å². The Balaban J connectivity index is 1.33. The number of methoxy groups -OCH3 is 1. The Labute approximate surface area is 228 Å². The van der Waals surface area contributed by atoms with E-state index in [-0.39, 0.29) is 30.4 Å². The largest absolute Gasteiger partial charge is 0.497 e. The summed E-state index contributed by atoms with van der Waals surface area (Å²) < 4.78 is 17.7. The SMILES string of the molecule is COc1ccc(CNC(=O)N2CC[C@@H](N(C)C[C@H](C)[C@H]3O[C@@H]3c3ccccc3)[C@H](OCC(C)C)CC2)cc1. The van der Waals surface area contributed by atoms with Crippen molar-refractivity contribution in [2.24, 2.45) is 11.8 Å². The molecule has 0 aromatic heterocycles. The van der Waals surface area contributed by atoms with Crippen LogP contribution < -0.4 is 10.1 Å². The van der Waals surface area contributed by atoms with E-state index in [1.54, 1.807) is 7.11 Å². The van der Waals surface area contributed by atoms with Crippen molar-refractivity contribution in [2.45, 2.75) is 64.5 Å². The zero-order valence-electron chi connectivity index (χ0n) is 23.6. The van der Waals surface area contributed by atoms with E-state index in [0.29, 0.717) is 31.5 Å². The molecule has 38 heavy (non-hydrogen) atoms. The zero-order chi connectivity index (χ0) is 27.1. The molecule has 0 bridgehead atoms. The maximum Gasteiger partial charge on any atom is 0.317 e. The first-order valence-corrected chi connectivity index (χ1v) is 14.0. The number of epoxide rings is 1. The van der Waals surface area contributed by atoms with Crippen molar-refractivity contribution in [2.75, 3.05) is 40.4 Å². The number of urea groups is 1. The lowest BCUT2D eigenvalue weighted by Crippen LogP contribution is -2.45. The Morgan fingerprint density at radius 3 is 2.47 bits per heavy atom. The average molecular weight is 524 g/mol. The second kappa shape index (κ2) is 13.5. The van der Waals surface area contributed by atoms with Crippen molar-refractivity contribution in [3.05, 3.63) is 65.7 Å². The highest BCUT2D eigenvalue weighted by atomic mass is 16.6. The highest BCUT2D eigenvalue weighted by molar-refractivity contribution is 5.74. The predicted octanol–water partition coefficient (Wildman–Crippen LogP) is 5.12. The van der Waals surface area contributed by atoms with Crippen LogP contribution in [-0.4, -0.2) is 74.5 Å². The molecule has 0 spiro atoms. The second-order valence-electron chi connectivity index (χ2n) is 11.3. The first-order chi connectivity index (χ1) is 18.4. The fourth-order valence-corrected chi connectivity index (χ4v) is 5.47. The third-order valence-electron chi connectivity index (χ3n) is 7.70. The molecule has 0 unspecified atom stereocenters. The van der Waals surface area contributed by atoms with E-state index in [1.165, 1.54) is 5.56 Å².